The molecule has 1 fully saturated rings. The van der Waals surface area contributed by atoms with Gasteiger partial charge in [0.1, 0.15) is 0 Å². The van der Waals surface area contributed by atoms with Gasteiger partial charge in [-0.15, -0.1) is 0 Å². The van der Waals surface area contributed by atoms with Crippen LogP contribution < -0.4 is 5.32 Å². The molecule has 1 aromatic carbocycles. The highest BCUT2D eigenvalue weighted by Gasteiger charge is 2.26. The fraction of sp³-hybridized carbons (Fsp3) is 0.625. The van der Waals surface area contributed by atoms with E-state index in [9.17, 15) is 0 Å². The second-order valence-corrected chi connectivity index (χ2v) is 6.32. The molecule has 4 atom stereocenters. The predicted molar refractivity (Wildman–Crippen MR) is 79.0 cm³/mol. The number of nitrogens with one attached hydrogen (secondary N) is 1. The molecule has 0 radical (unpaired) electrons. The Morgan fingerprint density at radius 3 is 2.67 bits per heavy atom. The van der Waals surface area contributed by atoms with Crippen molar-refractivity contribution in [3.05, 3.63) is 34.9 Å². The minimum atomic E-state index is 0.330. The molecule has 1 N–H and O–H groups in total. The topological polar surface area (TPSA) is 12.0 Å². The van der Waals surface area contributed by atoms with E-state index >= 15 is 0 Å². The van der Waals surface area contributed by atoms with Gasteiger partial charge < -0.3 is 5.32 Å². The van der Waals surface area contributed by atoms with Crippen LogP contribution in [0.4, 0.5) is 0 Å². The molecule has 1 nitrogen and oxygen atoms in total. The van der Waals surface area contributed by atoms with Gasteiger partial charge in [-0.1, -0.05) is 50.1 Å². The van der Waals surface area contributed by atoms with E-state index in [4.69, 9.17) is 11.6 Å². The van der Waals surface area contributed by atoms with Crippen molar-refractivity contribution in [2.24, 2.45) is 11.8 Å². The zero-order valence-electron chi connectivity index (χ0n) is 11.6. The van der Waals surface area contributed by atoms with E-state index in [1.54, 1.807) is 0 Å². The van der Waals surface area contributed by atoms with Crippen molar-refractivity contribution in [2.45, 2.75) is 52.1 Å². The normalized spacial score (nSPS) is 30.1. The summed E-state index contributed by atoms with van der Waals surface area (Å²) in [6, 6.07) is 9.10. The highest BCUT2D eigenvalue weighted by Crippen LogP contribution is 2.31. The Bertz CT molecular complexity index is 390. The maximum atomic E-state index is 6.26. The highest BCUT2D eigenvalue weighted by molar-refractivity contribution is 6.31. The molecule has 18 heavy (non-hydrogen) atoms. The Hall–Kier alpha value is -0.530. The third kappa shape index (κ3) is 3.27. The van der Waals surface area contributed by atoms with Crippen molar-refractivity contribution in [3.8, 4) is 0 Å². The molecule has 1 aromatic rings. The predicted octanol–water partition coefficient (Wildman–Crippen LogP) is 4.82. The van der Waals surface area contributed by atoms with Crippen LogP contribution in [0.25, 0.3) is 0 Å². The van der Waals surface area contributed by atoms with Gasteiger partial charge in [-0.3, -0.25) is 0 Å². The SMILES string of the molecule is CC1CCC(C)C(N[C@@H](C)c2ccccc2Cl)C1. The van der Waals surface area contributed by atoms with Crippen LogP contribution in [0, 0.1) is 11.8 Å². The Balaban J connectivity index is 2.02. The summed E-state index contributed by atoms with van der Waals surface area (Å²) in [5, 5.41) is 4.64. The van der Waals surface area contributed by atoms with Crippen LogP contribution in [0.15, 0.2) is 24.3 Å². The Morgan fingerprint density at radius 2 is 1.94 bits per heavy atom. The van der Waals surface area contributed by atoms with Gasteiger partial charge in [0.2, 0.25) is 0 Å². The molecule has 0 spiro atoms. The van der Waals surface area contributed by atoms with Gasteiger partial charge in [-0.2, -0.15) is 0 Å². The van der Waals surface area contributed by atoms with E-state index in [1.165, 1.54) is 24.8 Å². The monoisotopic (exact) mass is 265 g/mol. The average Bonchev–Trinajstić information content (AvgIpc) is 2.34. The van der Waals surface area contributed by atoms with Gasteiger partial charge in [-0.05, 0) is 43.2 Å². The first kappa shape index (κ1) is 13.9. The van der Waals surface area contributed by atoms with Crippen molar-refractivity contribution in [2.75, 3.05) is 0 Å². The van der Waals surface area contributed by atoms with E-state index in [-0.39, 0.29) is 0 Å². The molecule has 100 valence electrons. The number of halogens is 1. The quantitative estimate of drug-likeness (QED) is 0.827. The Labute approximate surface area is 116 Å². The Kier molecular flexibility index (Phi) is 4.69. The third-order valence-electron chi connectivity index (χ3n) is 4.29. The summed E-state index contributed by atoms with van der Waals surface area (Å²) in [6.45, 7) is 6.94. The summed E-state index contributed by atoms with van der Waals surface area (Å²) in [4.78, 5) is 0. The smallest absolute Gasteiger partial charge is 0.0453 e. The molecule has 1 aliphatic rings. The van der Waals surface area contributed by atoms with Crippen molar-refractivity contribution < 1.29 is 0 Å². The standard InChI is InChI=1S/C16H24ClN/c1-11-8-9-12(2)16(10-11)18-13(3)14-6-4-5-7-15(14)17/h4-7,11-13,16,18H,8-10H2,1-3H3/t11?,12?,13-,16?/m0/s1. The van der Waals surface area contributed by atoms with E-state index in [0.717, 1.165) is 16.9 Å². The summed E-state index contributed by atoms with van der Waals surface area (Å²) in [7, 11) is 0. The molecule has 0 heterocycles. The highest BCUT2D eigenvalue weighted by atomic mass is 35.5. The van der Waals surface area contributed by atoms with Gasteiger partial charge in [-0.25, -0.2) is 0 Å². The molecule has 0 aliphatic heterocycles. The molecule has 0 amide bonds. The maximum absolute atomic E-state index is 6.26. The first-order valence-corrected chi connectivity index (χ1v) is 7.46. The molecule has 3 unspecified atom stereocenters. The van der Waals surface area contributed by atoms with Crippen LogP contribution >= 0.6 is 11.6 Å². The second-order valence-electron chi connectivity index (χ2n) is 5.91. The second kappa shape index (κ2) is 6.08. The molecule has 1 saturated carbocycles. The average molecular weight is 266 g/mol. The van der Waals surface area contributed by atoms with E-state index in [2.05, 4.69) is 38.2 Å². The van der Waals surface area contributed by atoms with Gasteiger partial charge in [0.25, 0.3) is 0 Å². The lowest BCUT2D eigenvalue weighted by Gasteiger charge is -2.35. The fourth-order valence-electron chi connectivity index (χ4n) is 3.00. The molecular weight excluding hydrogens is 242 g/mol. The minimum Gasteiger partial charge on any atom is -0.307 e. The van der Waals surface area contributed by atoms with Crippen molar-refractivity contribution in [1.82, 2.24) is 5.32 Å². The molecule has 1 aliphatic carbocycles. The van der Waals surface area contributed by atoms with E-state index in [1.807, 2.05) is 12.1 Å². The number of hydrogen-bond acceptors (Lipinski definition) is 1. The molecule has 0 bridgehead atoms. The zero-order valence-corrected chi connectivity index (χ0v) is 12.4. The molecule has 0 saturated heterocycles. The lowest BCUT2D eigenvalue weighted by Crippen LogP contribution is -2.40. The summed E-state index contributed by atoms with van der Waals surface area (Å²) < 4.78 is 0. The van der Waals surface area contributed by atoms with Crippen LogP contribution in [-0.4, -0.2) is 6.04 Å². The molecule has 2 rings (SSSR count). The first-order chi connectivity index (χ1) is 8.58. The zero-order chi connectivity index (χ0) is 13.1. The number of rotatable bonds is 3. The summed E-state index contributed by atoms with van der Waals surface area (Å²) in [5.41, 5.74) is 1.21. The van der Waals surface area contributed by atoms with Crippen LogP contribution in [0.5, 0.6) is 0 Å². The van der Waals surface area contributed by atoms with E-state index in [0.29, 0.717) is 12.1 Å². The summed E-state index contributed by atoms with van der Waals surface area (Å²) in [6.07, 6.45) is 4.00. The fourth-order valence-corrected chi connectivity index (χ4v) is 3.30. The van der Waals surface area contributed by atoms with Crippen LogP contribution in [0.1, 0.15) is 51.6 Å². The van der Waals surface area contributed by atoms with Gasteiger partial charge >= 0.3 is 0 Å². The molecular formula is C16H24ClN. The first-order valence-electron chi connectivity index (χ1n) is 7.08. The Morgan fingerprint density at radius 1 is 1.22 bits per heavy atom. The largest absolute Gasteiger partial charge is 0.307 e. The lowest BCUT2D eigenvalue weighted by molar-refractivity contribution is 0.216. The lowest BCUT2D eigenvalue weighted by atomic mass is 9.79. The van der Waals surface area contributed by atoms with Crippen molar-refractivity contribution >= 4 is 11.6 Å². The third-order valence-corrected chi connectivity index (χ3v) is 4.64. The van der Waals surface area contributed by atoms with E-state index < -0.39 is 0 Å². The van der Waals surface area contributed by atoms with Gasteiger partial charge in [0.05, 0.1) is 0 Å². The maximum Gasteiger partial charge on any atom is 0.0453 e. The van der Waals surface area contributed by atoms with Crippen LogP contribution in [0.2, 0.25) is 5.02 Å². The number of benzene rings is 1. The molecule has 0 aromatic heterocycles. The van der Waals surface area contributed by atoms with Gasteiger partial charge in [0, 0.05) is 17.1 Å². The molecule has 2 heteroatoms. The van der Waals surface area contributed by atoms with Crippen LogP contribution in [-0.2, 0) is 0 Å². The van der Waals surface area contributed by atoms with Gasteiger partial charge in [0.15, 0.2) is 0 Å². The van der Waals surface area contributed by atoms with Crippen molar-refractivity contribution in [3.63, 3.8) is 0 Å². The van der Waals surface area contributed by atoms with Crippen molar-refractivity contribution in [1.29, 1.82) is 0 Å². The summed E-state index contributed by atoms with van der Waals surface area (Å²) >= 11 is 6.26. The minimum absolute atomic E-state index is 0.330. The van der Waals surface area contributed by atoms with Crippen LogP contribution in [0.3, 0.4) is 0 Å². The summed E-state index contributed by atoms with van der Waals surface area (Å²) in [5.74, 6) is 1.61. The number of hydrogen-bond donors (Lipinski definition) is 1.